The average Bonchev–Trinajstić information content (AvgIpc) is 2.53. The molecule has 0 spiro atoms. The Hall–Kier alpha value is -1.44. The van der Waals surface area contributed by atoms with Crippen LogP contribution in [0.1, 0.15) is 43.5 Å². The highest BCUT2D eigenvalue weighted by Crippen LogP contribution is 2.56. The molecule has 1 aromatic rings. The molecule has 0 saturated heterocycles. The van der Waals surface area contributed by atoms with Crippen LogP contribution >= 0.6 is 0 Å². The molecule has 2 aliphatic rings. The molecule has 3 rings (SSSR count). The maximum Gasteiger partial charge on any atom is 0.166 e. The first-order valence-corrected chi connectivity index (χ1v) is 7.10. The summed E-state index contributed by atoms with van der Waals surface area (Å²) in [7, 11) is 0. The monoisotopic (exact) mass is 256 g/mol. The third-order valence-electron chi connectivity index (χ3n) is 5.03. The minimum atomic E-state index is 0.0510. The molecule has 0 N–H and O–H groups in total. The molecule has 2 fully saturated rings. The van der Waals surface area contributed by atoms with E-state index in [0.29, 0.717) is 18.6 Å². The van der Waals surface area contributed by atoms with Crippen LogP contribution in [0.4, 0.5) is 0 Å². The van der Waals surface area contributed by atoms with E-state index in [1.807, 2.05) is 30.3 Å². The fourth-order valence-electron chi connectivity index (χ4n) is 4.18. The molecule has 2 saturated carbocycles. The van der Waals surface area contributed by atoms with Gasteiger partial charge in [-0.2, -0.15) is 0 Å². The Bertz CT molecular complexity index is 515. The first-order valence-electron chi connectivity index (χ1n) is 7.10. The fraction of sp³-hybridized carbons (Fsp3) is 0.529. The van der Waals surface area contributed by atoms with Crippen LogP contribution in [-0.4, -0.2) is 11.6 Å². The molecule has 1 aromatic carbocycles. The summed E-state index contributed by atoms with van der Waals surface area (Å²) in [5, 5.41) is 0. The number of rotatable bonds is 2. The lowest BCUT2D eigenvalue weighted by atomic mass is 9.70. The number of hydrogen-bond acceptors (Lipinski definition) is 2. The average molecular weight is 256 g/mol. The van der Waals surface area contributed by atoms with Gasteiger partial charge >= 0.3 is 0 Å². The smallest absolute Gasteiger partial charge is 0.166 e. The molecular formula is C17H20O2. The second kappa shape index (κ2) is 4.29. The van der Waals surface area contributed by atoms with Crippen molar-refractivity contribution in [3.05, 3.63) is 35.9 Å². The van der Waals surface area contributed by atoms with Crippen LogP contribution < -0.4 is 0 Å². The second-order valence-electron chi connectivity index (χ2n) is 6.76. The maximum atomic E-state index is 12.7. The zero-order valence-corrected chi connectivity index (χ0v) is 11.6. The lowest BCUT2D eigenvalue weighted by Gasteiger charge is -2.32. The number of ketones is 2. The topological polar surface area (TPSA) is 34.1 Å². The Morgan fingerprint density at radius 3 is 2.47 bits per heavy atom. The number of hydrogen-bond donors (Lipinski definition) is 0. The highest BCUT2D eigenvalue weighted by Gasteiger charge is 2.54. The van der Waals surface area contributed by atoms with Gasteiger partial charge in [-0.3, -0.25) is 9.59 Å². The molecule has 100 valence electrons. The van der Waals surface area contributed by atoms with Gasteiger partial charge in [-0.1, -0.05) is 44.2 Å². The molecule has 2 aliphatic carbocycles. The predicted octanol–water partition coefficient (Wildman–Crippen LogP) is 3.51. The minimum absolute atomic E-state index is 0.0510. The van der Waals surface area contributed by atoms with Crippen molar-refractivity contribution in [2.75, 3.05) is 0 Å². The van der Waals surface area contributed by atoms with E-state index in [9.17, 15) is 9.59 Å². The molecule has 2 unspecified atom stereocenters. The largest absolute Gasteiger partial charge is 0.300 e. The van der Waals surface area contributed by atoms with Gasteiger partial charge in [0.2, 0.25) is 0 Å². The van der Waals surface area contributed by atoms with Crippen molar-refractivity contribution >= 4 is 11.6 Å². The van der Waals surface area contributed by atoms with Crippen molar-refractivity contribution in [1.29, 1.82) is 0 Å². The van der Waals surface area contributed by atoms with Gasteiger partial charge in [-0.05, 0) is 23.7 Å². The van der Waals surface area contributed by atoms with Crippen LogP contribution in [0.25, 0.3) is 0 Å². The normalized spacial score (nSPS) is 32.3. The molecular weight excluding hydrogens is 236 g/mol. The van der Waals surface area contributed by atoms with Gasteiger partial charge in [-0.15, -0.1) is 0 Å². The molecule has 0 amide bonds. The van der Waals surface area contributed by atoms with Crippen LogP contribution in [-0.2, 0) is 4.79 Å². The first kappa shape index (κ1) is 12.6. The molecule has 2 nitrogen and oxygen atoms in total. The van der Waals surface area contributed by atoms with Gasteiger partial charge in [0.05, 0.1) is 0 Å². The summed E-state index contributed by atoms with van der Waals surface area (Å²) in [6.07, 6.45) is 2.20. The number of benzene rings is 1. The van der Waals surface area contributed by atoms with Crippen molar-refractivity contribution in [3.63, 3.8) is 0 Å². The van der Waals surface area contributed by atoms with Gasteiger partial charge in [-0.25, -0.2) is 0 Å². The van der Waals surface area contributed by atoms with E-state index < -0.39 is 0 Å². The van der Waals surface area contributed by atoms with Gasteiger partial charge in [0.25, 0.3) is 0 Å². The number of fused-ring (bicyclic) bond motifs is 2. The predicted molar refractivity (Wildman–Crippen MR) is 73.9 cm³/mol. The van der Waals surface area contributed by atoms with E-state index in [2.05, 4.69) is 13.8 Å². The van der Waals surface area contributed by atoms with Crippen molar-refractivity contribution in [2.24, 2.45) is 23.2 Å². The highest BCUT2D eigenvalue weighted by molar-refractivity contribution is 5.99. The minimum Gasteiger partial charge on any atom is -0.300 e. The fourth-order valence-corrected chi connectivity index (χ4v) is 4.18. The molecule has 2 bridgehead atoms. The molecule has 3 atom stereocenters. The summed E-state index contributed by atoms with van der Waals surface area (Å²) < 4.78 is 0. The summed E-state index contributed by atoms with van der Waals surface area (Å²) in [4.78, 5) is 24.5. The van der Waals surface area contributed by atoms with E-state index in [1.165, 1.54) is 0 Å². The van der Waals surface area contributed by atoms with E-state index >= 15 is 0 Å². The van der Waals surface area contributed by atoms with E-state index in [4.69, 9.17) is 0 Å². The van der Waals surface area contributed by atoms with E-state index in [0.717, 1.165) is 12.0 Å². The van der Waals surface area contributed by atoms with Crippen LogP contribution in [0.15, 0.2) is 30.3 Å². The Morgan fingerprint density at radius 2 is 1.84 bits per heavy atom. The van der Waals surface area contributed by atoms with Crippen molar-refractivity contribution in [2.45, 2.75) is 33.1 Å². The summed E-state index contributed by atoms with van der Waals surface area (Å²) in [5.74, 6) is 1.13. The van der Waals surface area contributed by atoms with E-state index in [1.54, 1.807) is 0 Å². The summed E-state index contributed by atoms with van der Waals surface area (Å²) >= 11 is 0. The van der Waals surface area contributed by atoms with Crippen LogP contribution in [0.3, 0.4) is 0 Å². The first-order chi connectivity index (χ1) is 8.99. The van der Waals surface area contributed by atoms with Crippen LogP contribution in [0.2, 0.25) is 0 Å². The summed E-state index contributed by atoms with van der Waals surface area (Å²) in [6.45, 7) is 4.42. The van der Waals surface area contributed by atoms with Crippen molar-refractivity contribution < 1.29 is 9.59 Å². The Morgan fingerprint density at radius 1 is 1.16 bits per heavy atom. The van der Waals surface area contributed by atoms with Gasteiger partial charge in [0, 0.05) is 24.3 Å². The highest BCUT2D eigenvalue weighted by atomic mass is 16.1. The molecule has 0 aromatic heterocycles. The Balaban J connectivity index is 1.94. The van der Waals surface area contributed by atoms with Crippen LogP contribution in [0, 0.1) is 23.2 Å². The number of carbonyl (C=O) groups is 2. The molecule has 19 heavy (non-hydrogen) atoms. The number of Topliss-reactive ketones (excluding diaryl/α,β-unsaturated/α-hetero) is 2. The SMILES string of the molecule is CC1(C)CC2CC(=O)CC1[C@H]2C(=O)c1ccccc1. The standard InChI is InChI=1S/C17H20O2/c1-17(2)10-12-8-13(18)9-14(17)15(12)16(19)11-6-4-3-5-7-11/h3-7,12,14-15H,8-10H2,1-2H3/t12?,14?,15-/m0/s1. The molecule has 0 aliphatic heterocycles. The van der Waals surface area contributed by atoms with E-state index in [-0.39, 0.29) is 29.0 Å². The molecule has 0 heterocycles. The lowest BCUT2D eigenvalue weighted by Crippen LogP contribution is -2.35. The quantitative estimate of drug-likeness (QED) is 0.759. The van der Waals surface area contributed by atoms with Crippen molar-refractivity contribution in [1.82, 2.24) is 0 Å². The van der Waals surface area contributed by atoms with Gasteiger partial charge in [0.15, 0.2) is 5.78 Å². The number of carbonyl (C=O) groups excluding carboxylic acids is 2. The third-order valence-corrected chi connectivity index (χ3v) is 5.03. The summed E-state index contributed by atoms with van der Waals surface area (Å²) in [6, 6.07) is 9.54. The maximum absolute atomic E-state index is 12.7. The zero-order chi connectivity index (χ0) is 13.6. The Kier molecular flexibility index (Phi) is 2.84. The van der Waals surface area contributed by atoms with Crippen molar-refractivity contribution in [3.8, 4) is 0 Å². The second-order valence-corrected chi connectivity index (χ2v) is 6.76. The zero-order valence-electron chi connectivity index (χ0n) is 11.6. The third kappa shape index (κ3) is 2.03. The van der Waals surface area contributed by atoms with Gasteiger partial charge in [0.1, 0.15) is 5.78 Å². The summed E-state index contributed by atoms with van der Waals surface area (Å²) in [5.41, 5.74) is 0.918. The van der Waals surface area contributed by atoms with Crippen LogP contribution in [0.5, 0.6) is 0 Å². The lowest BCUT2D eigenvalue weighted by molar-refractivity contribution is -0.123. The Labute approximate surface area is 114 Å². The molecule has 0 radical (unpaired) electrons. The van der Waals surface area contributed by atoms with Gasteiger partial charge < -0.3 is 0 Å². The molecule has 2 heteroatoms.